The van der Waals surface area contributed by atoms with Crippen LogP contribution >= 0.6 is 27.3 Å². The second-order valence-corrected chi connectivity index (χ2v) is 6.99. The van der Waals surface area contributed by atoms with Crippen molar-refractivity contribution in [1.29, 1.82) is 0 Å². The van der Waals surface area contributed by atoms with E-state index in [1.54, 1.807) is 11.3 Å². The van der Waals surface area contributed by atoms with E-state index in [1.165, 1.54) is 9.35 Å². The molecule has 0 bridgehead atoms. The highest BCUT2D eigenvalue weighted by molar-refractivity contribution is 9.10. The third kappa shape index (κ3) is 3.84. The molecule has 92 valence electrons. The SMILES string of the molecule is CC(c1cc(Br)cs1)N(C)CC(C)(C)CN. The summed E-state index contributed by atoms with van der Waals surface area (Å²) in [5.41, 5.74) is 5.94. The smallest absolute Gasteiger partial charge is 0.0410 e. The molecule has 2 N–H and O–H groups in total. The van der Waals surface area contributed by atoms with Gasteiger partial charge in [-0.05, 0) is 47.9 Å². The zero-order chi connectivity index (χ0) is 12.3. The summed E-state index contributed by atoms with van der Waals surface area (Å²) in [4.78, 5) is 3.76. The van der Waals surface area contributed by atoms with Crippen molar-refractivity contribution < 1.29 is 0 Å². The topological polar surface area (TPSA) is 29.3 Å². The van der Waals surface area contributed by atoms with E-state index in [1.807, 2.05) is 0 Å². The van der Waals surface area contributed by atoms with Gasteiger partial charge in [-0.25, -0.2) is 0 Å². The molecule has 1 unspecified atom stereocenters. The molecule has 4 heteroatoms. The van der Waals surface area contributed by atoms with Gasteiger partial charge in [-0.3, -0.25) is 4.90 Å². The molecule has 0 aromatic carbocycles. The molecule has 1 rings (SSSR count). The van der Waals surface area contributed by atoms with Crippen LogP contribution in [0.5, 0.6) is 0 Å². The van der Waals surface area contributed by atoms with Crippen molar-refractivity contribution in [2.75, 3.05) is 20.1 Å². The van der Waals surface area contributed by atoms with Crippen LogP contribution in [0.1, 0.15) is 31.7 Å². The van der Waals surface area contributed by atoms with E-state index in [9.17, 15) is 0 Å². The number of nitrogens with two attached hydrogens (primary N) is 1. The first-order chi connectivity index (χ1) is 7.35. The minimum Gasteiger partial charge on any atom is -0.330 e. The zero-order valence-corrected chi connectivity index (χ0v) is 12.9. The molecule has 1 aromatic rings. The molecule has 0 fully saturated rings. The van der Waals surface area contributed by atoms with Crippen molar-refractivity contribution in [2.45, 2.75) is 26.8 Å². The lowest BCUT2D eigenvalue weighted by molar-refractivity contribution is 0.176. The molecule has 0 aliphatic rings. The number of halogens is 1. The Kier molecular flexibility index (Phi) is 4.98. The minimum absolute atomic E-state index is 0.178. The van der Waals surface area contributed by atoms with Gasteiger partial charge in [0.05, 0.1) is 0 Å². The molecule has 1 atom stereocenters. The molecule has 1 aromatic heterocycles. The van der Waals surface area contributed by atoms with Crippen LogP contribution in [-0.2, 0) is 0 Å². The van der Waals surface area contributed by atoms with Crippen LogP contribution in [0.25, 0.3) is 0 Å². The van der Waals surface area contributed by atoms with Gasteiger partial charge >= 0.3 is 0 Å². The van der Waals surface area contributed by atoms with Gasteiger partial charge in [-0.15, -0.1) is 11.3 Å². The van der Waals surface area contributed by atoms with Crippen molar-refractivity contribution in [3.8, 4) is 0 Å². The van der Waals surface area contributed by atoms with Crippen LogP contribution in [0.3, 0.4) is 0 Å². The van der Waals surface area contributed by atoms with E-state index in [0.29, 0.717) is 6.04 Å². The Bertz CT molecular complexity index is 336. The molecule has 1 heterocycles. The normalized spacial score (nSPS) is 14.4. The van der Waals surface area contributed by atoms with Crippen molar-refractivity contribution >= 4 is 27.3 Å². The number of thiophene rings is 1. The standard InChI is InChI=1S/C12H21BrN2S/c1-9(11-5-10(13)6-16-11)15(4)8-12(2,3)7-14/h5-6,9H,7-8,14H2,1-4H3. The lowest BCUT2D eigenvalue weighted by Crippen LogP contribution is -2.37. The zero-order valence-electron chi connectivity index (χ0n) is 10.5. The van der Waals surface area contributed by atoms with E-state index in [0.717, 1.165) is 13.1 Å². The third-order valence-electron chi connectivity index (χ3n) is 2.89. The van der Waals surface area contributed by atoms with Crippen LogP contribution in [-0.4, -0.2) is 25.0 Å². The fraction of sp³-hybridized carbons (Fsp3) is 0.667. The molecular formula is C12H21BrN2S. The lowest BCUT2D eigenvalue weighted by Gasteiger charge is -2.32. The summed E-state index contributed by atoms with van der Waals surface area (Å²) in [6, 6.07) is 2.64. The summed E-state index contributed by atoms with van der Waals surface area (Å²) in [6.45, 7) is 8.39. The van der Waals surface area contributed by atoms with E-state index in [-0.39, 0.29) is 5.41 Å². The lowest BCUT2D eigenvalue weighted by atomic mass is 9.93. The molecular weight excluding hydrogens is 284 g/mol. The van der Waals surface area contributed by atoms with Crippen LogP contribution in [0.2, 0.25) is 0 Å². The van der Waals surface area contributed by atoms with Crippen LogP contribution in [0.15, 0.2) is 15.9 Å². The van der Waals surface area contributed by atoms with Gasteiger partial charge in [0.2, 0.25) is 0 Å². The fourth-order valence-corrected chi connectivity index (χ4v) is 3.21. The molecule has 0 saturated carbocycles. The fourth-order valence-electron chi connectivity index (χ4n) is 1.64. The summed E-state index contributed by atoms with van der Waals surface area (Å²) in [5.74, 6) is 0. The van der Waals surface area contributed by atoms with Crippen LogP contribution in [0.4, 0.5) is 0 Å². The highest BCUT2D eigenvalue weighted by atomic mass is 79.9. The van der Waals surface area contributed by atoms with Crippen molar-refractivity contribution in [2.24, 2.45) is 11.1 Å². The van der Waals surface area contributed by atoms with Gasteiger partial charge < -0.3 is 5.73 Å². The Morgan fingerprint density at radius 3 is 2.62 bits per heavy atom. The molecule has 16 heavy (non-hydrogen) atoms. The number of rotatable bonds is 5. The minimum atomic E-state index is 0.178. The molecule has 0 spiro atoms. The molecule has 0 amide bonds. The Hall–Kier alpha value is 0.1000. The second-order valence-electron chi connectivity index (χ2n) is 5.13. The highest BCUT2D eigenvalue weighted by Crippen LogP contribution is 2.30. The Morgan fingerprint density at radius 2 is 2.19 bits per heavy atom. The average Bonchev–Trinajstić information content (AvgIpc) is 2.63. The summed E-state index contributed by atoms with van der Waals surface area (Å²) < 4.78 is 1.17. The Balaban J connectivity index is 2.64. The first-order valence-corrected chi connectivity index (χ1v) is 7.17. The molecule has 0 saturated heterocycles. The van der Waals surface area contributed by atoms with Crippen molar-refractivity contribution in [3.63, 3.8) is 0 Å². The summed E-state index contributed by atoms with van der Waals surface area (Å²) in [7, 11) is 2.16. The quantitative estimate of drug-likeness (QED) is 0.902. The third-order valence-corrected chi connectivity index (χ3v) is 4.75. The van der Waals surface area contributed by atoms with Gasteiger partial charge in [-0.2, -0.15) is 0 Å². The van der Waals surface area contributed by atoms with Gasteiger partial charge in [0.1, 0.15) is 0 Å². The van der Waals surface area contributed by atoms with E-state index < -0.39 is 0 Å². The number of hydrogen-bond acceptors (Lipinski definition) is 3. The van der Waals surface area contributed by atoms with E-state index >= 15 is 0 Å². The van der Waals surface area contributed by atoms with Crippen LogP contribution < -0.4 is 5.73 Å². The van der Waals surface area contributed by atoms with Gasteiger partial charge in [0.15, 0.2) is 0 Å². The van der Waals surface area contributed by atoms with Crippen LogP contribution in [0, 0.1) is 5.41 Å². The van der Waals surface area contributed by atoms with Gasteiger partial charge in [-0.1, -0.05) is 13.8 Å². The first kappa shape index (κ1) is 14.2. The molecule has 0 radical (unpaired) electrons. The van der Waals surface area contributed by atoms with Crippen molar-refractivity contribution in [1.82, 2.24) is 4.90 Å². The number of hydrogen-bond donors (Lipinski definition) is 1. The summed E-state index contributed by atoms with van der Waals surface area (Å²) in [6.07, 6.45) is 0. The van der Waals surface area contributed by atoms with Crippen molar-refractivity contribution in [3.05, 3.63) is 20.8 Å². The first-order valence-electron chi connectivity index (χ1n) is 5.50. The largest absolute Gasteiger partial charge is 0.330 e. The van der Waals surface area contributed by atoms with E-state index in [2.05, 4.69) is 60.1 Å². The average molecular weight is 305 g/mol. The van der Waals surface area contributed by atoms with Gasteiger partial charge in [0, 0.05) is 27.3 Å². The Labute approximate surface area is 111 Å². The van der Waals surface area contributed by atoms with E-state index in [4.69, 9.17) is 5.73 Å². The molecule has 0 aliphatic carbocycles. The monoisotopic (exact) mass is 304 g/mol. The maximum absolute atomic E-state index is 5.77. The van der Waals surface area contributed by atoms with Gasteiger partial charge in [0.25, 0.3) is 0 Å². The maximum atomic E-state index is 5.77. The maximum Gasteiger partial charge on any atom is 0.0410 e. The molecule has 2 nitrogen and oxygen atoms in total. The summed E-state index contributed by atoms with van der Waals surface area (Å²) in [5, 5.41) is 2.13. The summed E-state index contributed by atoms with van der Waals surface area (Å²) >= 11 is 5.30. The second kappa shape index (κ2) is 5.63. The predicted octanol–water partition coefficient (Wildman–Crippen LogP) is 3.49. The highest BCUT2D eigenvalue weighted by Gasteiger charge is 2.22. The Morgan fingerprint density at radius 1 is 1.56 bits per heavy atom. The number of nitrogens with zero attached hydrogens (tertiary/aromatic N) is 1. The molecule has 0 aliphatic heterocycles. The predicted molar refractivity (Wildman–Crippen MR) is 75.9 cm³/mol.